The van der Waals surface area contributed by atoms with Gasteiger partial charge in [0.05, 0.1) is 19.9 Å². The van der Waals surface area contributed by atoms with Crippen molar-refractivity contribution in [3.05, 3.63) is 30.1 Å². The minimum Gasteiger partial charge on any atom is -0.497 e. The number of ether oxygens (including phenoxy) is 2. The number of rotatable bonds is 4. The predicted molar refractivity (Wildman–Crippen MR) is 73.2 cm³/mol. The van der Waals surface area contributed by atoms with Gasteiger partial charge in [0.15, 0.2) is 5.16 Å². The SMILES string of the molecule is COc1cc(C)c(-n2ccnc2SC)c(OC)c1. The summed E-state index contributed by atoms with van der Waals surface area (Å²) < 4.78 is 12.7. The Hall–Kier alpha value is -1.62. The van der Waals surface area contributed by atoms with Crippen LogP contribution < -0.4 is 9.47 Å². The van der Waals surface area contributed by atoms with E-state index in [0.717, 1.165) is 27.9 Å². The predicted octanol–water partition coefficient (Wildman–Crippen LogP) is 2.92. The molecule has 1 heterocycles. The summed E-state index contributed by atoms with van der Waals surface area (Å²) in [6, 6.07) is 3.87. The quantitative estimate of drug-likeness (QED) is 0.796. The second-order valence-electron chi connectivity index (χ2n) is 3.78. The summed E-state index contributed by atoms with van der Waals surface area (Å²) in [5.41, 5.74) is 2.08. The molecule has 1 aromatic carbocycles. The smallest absolute Gasteiger partial charge is 0.172 e. The van der Waals surface area contributed by atoms with Crippen molar-refractivity contribution in [1.29, 1.82) is 0 Å². The van der Waals surface area contributed by atoms with E-state index in [-0.39, 0.29) is 0 Å². The van der Waals surface area contributed by atoms with Gasteiger partial charge in [-0.25, -0.2) is 4.98 Å². The lowest BCUT2D eigenvalue weighted by Crippen LogP contribution is -2.02. The van der Waals surface area contributed by atoms with Crippen molar-refractivity contribution in [1.82, 2.24) is 9.55 Å². The van der Waals surface area contributed by atoms with Gasteiger partial charge in [-0.1, -0.05) is 11.8 Å². The average molecular weight is 264 g/mol. The molecule has 0 N–H and O–H groups in total. The zero-order valence-electron chi connectivity index (χ0n) is 10.9. The van der Waals surface area contributed by atoms with E-state index < -0.39 is 0 Å². The molecule has 0 unspecified atom stereocenters. The topological polar surface area (TPSA) is 36.3 Å². The third kappa shape index (κ3) is 2.18. The number of hydrogen-bond acceptors (Lipinski definition) is 4. The second kappa shape index (κ2) is 5.35. The van der Waals surface area contributed by atoms with Gasteiger partial charge >= 0.3 is 0 Å². The molecule has 4 nitrogen and oxygen atoms in total. The molecule has 0 bridgehead atoms. The molecule has 0 atom stereocenters. The van der Waals surface area contributed by atoms with Gasteiger partial charge in [-0.2, -0.15) is 0 Å². The molecule has 5 heteroatoms. The standard InChI is InChI=1S/C13H16N2O2S/c1-9-7-10(16-2)8-11(17-3)12(9)15-6-5-14-13(15)18-4/h5-8H,1-4H3. The summed E-state index contributed by atoms with van der Waals surface area (Å²) in [6.07, 6.45) is 5.72. The number of imidazole rings is 1. The van der Waals surface area contributed by atoms with E-state index in [1.54, 1.807) is 32.2 Å². The van der Waals surface area contributed by atoms with Gasteiger partial charge in [0.2, 0.25) is 0 Å². The Kier molecular flexibility index (Phi) is 3.81. The van der Waals surface area contributed by atoms with Gasteiger partial charge in [-0.05, 0) is 24.8 Å². The van der Waals surface area contributed by atoms with Gasteiger partial charge in [-0.15, -0.1) is 0 Å². The Bertz CT molecular complexity index is 552. The van der Waals surface area contributed by atoms with Crippen molar-refractivity contribution >= 4 is 11.8 Å². The van der Waals surface area contributed by atoms with Crippen LogP contribution in [0.25, 0.3) is 5.69 Å². The molecule has 2 aromatic rings. The molecular formula is C13H16N2O2S. The summed E-state index contributed by atoms with van der Waals surface area (Å²) in [6.45, 7) is 2.03. The Morgan fingerprint density at radius 1 is 1.22 bits per heavy atom. The number of hydrogen-bond donors (Lipinski definition) is 0. The molecule has 0 aliphatic heterocycles. The molecule has 96 valence electrons. The van der Waals surface area contributed by atoms with E-state index in [1.165, 1.54) is 0 Å². The van der Waals surface area contributed by atoms with Gasteiger partial charge in [-0.3, -0.25) is 4.57 Å². The van der Waals surface area contributed by atoms with Gasteiger partial charge < -0.3 is 9.47 Å². The molecule has 0 radical (unpaired) electrons. The number of methoxy groups -OCH3 is 2. The van der Waals surface area contributed by atoms with Gasteiger partial charge in [0.1, 0.15) is 11.5 Å². The summed E-state index contributed by atoms with van der Waals surface area (Å²) in [7, 11) is 3.31. The molecule has 0 aliphatic carbocycles. The minimum absolute atomic E-state index is 0.778. The van der Waals surface area contributed by atoms with E-state index in [0.29, 0.717) is 0 Å². The first-order valence-electron chi connectivity index (χ1n) is 5.51. The van der Waals surface area contributed by atoms with Crippen molar-refractivity contribution < 1.29 is 9.47 Å². The largest absolute Gasteiger partial charge is 0.497 e. The first-order valence-corrected chi connectivity index (χ1v) is 6.74. The van der Waals surface area contributed by atoms with Crippen molar-refractivity contribution in [2.24, 2.45) is 0 Å². The van der Waals surface area contributed by atoms with Gasteiger partial charge in [0.25, 0.3) is 0 Å². The van der Waals surface area contributed by atoms with Crippen molar-refractivity contribution in [2.75, 3.05) is 20.5 Å². The molecule has 18 heavy (non-hydrogen) atoms. The number of aromatic nitrogens is 2. The zero-order chi connectivity index (χ0) is 13.1. The Labute approximate surface area is 111 Å². The van der Waals surface area contributed by atoms with Crippen LogP contribution in [0.3, 0.4) is 0 Å². The number of thioether (sulfide) groups is 1. The highest BCUT2D eigenvalue weighted by molar-refractivity contribution is 7.98. The lowest BCUT2D eigenvalue weighted by atomic mass is 10.1. The summed E-state index contributed by atoms with van der Waals surface area (Å²) >= 11 is 1.60. The van der Waals surface area contributed by atoms with Crippen LogP contribution >= 0.6 is 11.8 Å². The van der Waals surface area contributed by atoms with Crippen molar-refractivity contribution in [3.8, 4) is 17.2 Å². The van der Waals surface area contributed by atoms with E-state index in [4.69, 9.17) is 9.47 Å². The highest BCUT2D eigenvalue weighted by Gasteiger charge is 2.14. The van der Waals surface area contributed by atoms with E-state index in [2.05, 4.69) is 4.98 Å². The van der Waals surface area contributed by atoms with Crippen LogP contribution in [-0.2, 0) is 0 Å². The van der Waals surface area contributed by atoms with Gasteiger partial charge in [0, 0.05) is 18.5 Å². The Morgan fingerprint density at radius 3 is 2.61 bits per heavy atom. The molecular weight excluding hydrogens is 248 g/mol. The monoisotopic (exact) mass is 264 g/mol. The maximum atomic E-state index is 5.45. The van der Waals surface area contributed by atoms with Crippen LogP contribution in [-0.4, -0.2) is 30.0 Å². The van der Waals surface area contributed by atoms with Crippen LogP contribution in [0.1, 0.15) is 5.56 Å². The van der Waals surface area contributed by atoms with Crippen LogP contribution in [0.4, 0.5) is 0 Å². The van der Waals surface area contributed by atoms with Crippen LogP contribution in [0, 0.1) is 6.92 Å². The highest BCUT2D eigenvalue weighted by Crippen LogP contribution is 2.33. The lowest BCUT2D eigenvalue weighted by Gasteiger charge is -2.15. The average Bonchev–Trinajstić information content (AvgIpc) is 2.85. The molecule has 0 saturated heterocycles. The Morgan fingerprint density at radius 2 is 2.00 bits per heavy atom. The Balaban J connectivity index is 2.63. The highest BCUT2D eigenvalue weighted by atomic mass is 32.2. The van der Waals surface area contributed by atoms with E-state index >= 15 is 0 Å². The fraction of sp³-hybridized carbons (Fsp3) is 0.308. The lowest BCUT2D eigenvalue weighted by molar-refractivity contribution is 0.392. The van der Waals surface area contributed by atoms with Crippen LogP contribution in [0.5, 0.6) is 11.5 Å². The summed E-state index contributed by atoms with van der Waals surface area (Å²) in [5.74, 6) is 1.57. The third-order valence-corrected chi connectivity index (χ3v) is 3.39. The fourth-order valence-corrected chi connectivity index (χ4v) is 2.42. The van der Waals surface area contributed by atoms with Crippen LogP contribution in [0.2, 0.25) is 0 Å². The molecule has 0 amide bonds. The first-order chi connectivity index (χ1) is 8.71. The molecule has 2 rings (SSSR count). The third-order valence-electron chi connectivity index (χ3n) is 2.72. The first kappa shape index (κ1) is 12.8. The van der Waals surface area contributed by atoms with E-state index in [9.17, 15) is 0 Å². The van der Waals surface area contributed by atoms with E-state index in [1.807, 2.05) is 36.1 Å². The van der Waals surface area contributed by atoms with Crippen molar-refractivity contribution in [3.63, 3.8) is 0 Å². The maximum absolute atomic E-state index is 5.45. The van der Waals surface area contributed by atoms with Crippen molar-refractivity contribution in [2.45, 2.75) is 12.1 Å². The second-order valence-corrected chi connectivity index (χ2v) is 4.55. The number of aryl methyl sites for hydroxylation is 1. The number of nitrogens with zero attached hydrogens (tertiary/aromatic N) is 2. The summed E-state index contributed by atoms with van der Waals surface area (Å²) in [4.78, 5) is 4.31. The normalized spacial score (nSPS) is 10.4. The molecule has 0 aliphatic rings. The molecule has 0 fully saturated rings. The molecule has 0 spiro atoms. The molecule has 1 aromatic heterocycles. The number of benzene rings is 1. The molecule has 0 saturated carbocycles. The summed E-state index contributed by atoms with van der Waals surface area (Å²) in [5, 5.41) is 0.932. The minimum atomic E-state index is 0.778. The van der Waals surface area contributed by atoms with Crippen LogP contribution in [0.15, 0.2) is 29.7 Å². The maximum Gasteiger partial charge on any atom is 0.172 e. The zero-order valence-corrected chi connectivity index (χ0v) is 11.7. The fourth-order valence-electron chi connectivity index (χ4n) is 1.91.